The topological polar surface area (TPSA) is 93.5 Å². The van der Waals surface area contributed by atoms with Crippen molar-refractivity contribution >= 4 is 27.0 Å². The SMILES string of the molecule is CC(C)COc1ccc(CNC(=O)CCc2nc3cc(S(=O)(=O)N(C)C)ccc3n2C)cc1. The van der Waals surface area contributed by atoms with Crippen LogP contribution in [0.25, 0.3) is 11.0 Å². The summed E-state index contributed by atoms with van der Waals surface area (Å²) in [4.78, 5) is 17.1. The molecule has 0 saturated carbocycles. The molecule has 0 saturated heterocycles. The first-order valence-corrected chi connectivity index (χ1v) is 12.4. The van der Waals surface area contributed by atoms with Gasteiger partial charge in [-0.1, -0.05) is 26.0 Å². The zero-order valence-corrected chi connectivity index (χ0v) is 20.6. The maximum absolute atomic E-state index is 12.4. The van der Waals surface area contributed by atoms with Crippen molar-refractivity contribution in [3.63, 3.8) is 0 Å². The van der Waals surface area contributed by atoms with Crippen LogP contribution in [0.2, 0.25) is 0 Å². The van der Waals surface area contributed by atoms with Crippen molar-refractivity contribution in [2.75, 3.05) is 20.7 Å². The second kappa shape index (κ2) is 10.4. The number of carbonyl (C=O) groups is 1. The van der Waals surface area contributed by atoms with E-state index in [0.717, 1.165) is 22.7 Å². The maximum atomic E-state index is 12.4. The number of ether oxygens (including phenoxy) is 1. The van der Waals surface area contributed by atoms with Crippen LogP contribution in [0.5, 0.6) is 5.75 Å². The first kappa shape index (κ1) is 24.7. The molecule has 0 radical (unpaired) electrons. The Morgan fingerprint density at radius 3 is 2.48 bits per heavy atom. The van der Waals surface area contributed by atoms with Crippen LogP contribution in [0.4, 0.5) is 0 Å². The minimum Gasteiger partial charge on any atom is -0.493 e. The Morgan fingerprint density at radius 1 is 1.15 bits per heavy atom. The second-order valence-corrected chi connectivity index (χ2v) is 10.8. The van der Waals surface area contributed by atoms with Gasteiger partial charge < -0.3 is 14.6 Å². The Morgan fingerprint density at radius 2 is 1.85 bits per heavy atom. The molecule has 0 fully saturated rings. The predicted molar refractivity (Wildman–Crippen MR) is 129 cm³/mol. The molecule has 178 valence electrons. The summed E-state index contributed by atoms with van der Waals surface area (Å²) >= 11 is 0. The number of rotatable bonds is 10. The highest BCUT2D eigenvalue weighted by molar-refractivity contribution is 7.89. The summed E-state index contributed by atoms with van der Waals surface area (Å²) < 4.78 is 33.5. The van der Waals surface area contributed by atoms with E-state index in [2.05, 4.69) is 24.1 Å². The number of hydrogen-bond acceptors (Lipinski definition) is 5. The molecule has 0 aliphatic rings. The Hall–Kier alpha value is -2.91. The van der Waals surface area contributed by atoms with Crippen molar-refractivity contribution in [2.45, 2.75) is 38.1 Å². The number of aromatic nitrogens is 2. The molecular formula is C24H32N4O4S. The van der Waals surface area contributed by atoms with Gasteiger partial charge in [-0.05, 0) is 41.8 Å². The summed E-state index contributed by atoms with van der Waals surface area (Å²) in [6.45, 7) is 5.32. The van der Waals surface area contributed by atoms with Gasteiger partial charge in [0.25, 0.3) is 0 Å². The molecule has 1 amide bonds. The molecule has 0 aliphatic carbocycles. The van der Waals surface area contributed by atoms with E-state index in [-0.39, 0.29) is 17.2 Å². The lowest BCUT2D eigenvalue weighted by molar-refractivity contribution is -0.121. The van der Waals surface area contributed by atoms with E-state index in [0.29, 0.717) is 31.0 Å². The minimum absolute atomic E-state index is 0.0712. The van der Waals surface area contributed by atoms with Crippen molar-refractivity contribution in [3.05, 3.63) is 53.9 Å². The van der Waals surface area contributed by atoms with Crippen molar-refractivity contribution < 1.29 is 17.9 Å². The largest absolute Gasteiger partial charge is 0.493 e. The van der Waals surface area contributed by atoms with Gasteiger partial charge in [-0.25, -0.2) is 17.7 Å². The van der Waals surface area contributed by atoms with E-state index in [1.54, 1.807) is 18.2 Å². The Bertz CT molecular complexity index is 1220. The zero-order valence-electron chi connectivity index (χ0n) is 19.8. The van der Waals surface area contributed by atoms with Gasteiger partial charge >= 0.3 is 0 Å². The molecule has 33 heavy (non-hydrogen) atoms. The second-order valence-electron chi connectivity index (χ2n) is 8.65. The fraction of sp³-hybridized carbons (Fsp3) is 0.417. The van der Waals surface area contributed by atoms with Crippen LogP contribution in [-0.2, 0) is 34.8 Å². The third-order valence-electron chi connectivity index (χ3n) is 5.30. The van der Waals surface area contributed by atoms with Crippen molar-refractivity contribution in [1.29, 1.82) is 0 Å². The Labute approximate surface area is 195 Å². The van der Waals surface area contributed by atoms with E-state index in [1.807, 2.05) is 35.9 Å². The molecular weight excluding hydrogens is 440 g/mol. The van der Waals surface area contributed by atoms with Gasteiger partial charge in [-0.15, -0.1) is 0 Å². The average Bonchev–Trinajstić information content (AvgIpc) is 3.10. The molecule has 9 heteroatoms. The summed E-state index contributed by atoms with van der Waals surface area (Å²) in [6.07, 6.45) is 0.740. The van der Waals surface area contributed by atoms with Gasteiger partial charge in [-0.2, -0.15) is 0 Å². The summed E-state index contributed by atoms with van der Waals surface area (Å²) in [6, 6.07) is 12.6. The van der Waals surface area contributed by atoms with Gasteiger partial charge in [0.05, 0.1) is 22.5 Å². The quantitative estimate of drug-likeness (QED) is 0.489. The normalized spacial score (nSPS) is 12.0. The molecule has 1 aromatic heterocycles. The number of amides is 1. The van der Waals surface area contributed by atoms with Crippen LogP contribution in [0.15, 0.2) is 47.4 Å². The third kappa shape index (κ3) is 6.11. The van der Waals surface area contributed by atoms with E-state index in [4.69, 9.17) is 4.74 Å². The highest BCUT2D eigenvalue weighted by Gasteiger charge is 2.19. The van der Waals surface area contributed by atoms with Crippen LogP contribution in [0.3, 0.4) is 0 Å². The molecule has 0 aliphatic heterocycles. The van der Waals surface area contributed by atoms with E-state index in [1.165, 1.54) is 18.4 Å². The molecule has 8 nitrogen and oxygen atoms in total. The van der Waals surface area contributed by atoms with Gasteiger partial charge in [0.1, 0.15) is 11.6 Å². The van der Waals surface area contributed by atoms with Crippen molar-refractivity contribution in [3.8, 4) is 5.75 Å². The van der Waals surface area contributed by atoms with Crippen LogP contribution in [-0.4, -0.2) is 48.9 Å². The zero-order chi connectivity index (χ0) is 24.2. The average molecular weight is 473 g/mol. The monoisotopic (exact) mass is 472 g/mol. The van der Waals surface area contributed by atoms with Gasteiger partial charge in [0.2, 0.25) is 15.9 Å². The molecule has 0 unspecified atom stereocenters. The van der Waals surface area contributed by atoms with Crippen molar-refractivity contribution in [2.24, 2.45) is 13.0 Å². The number of fused-ring (bicyclic) bond motifs is 1. The molecule has 0 atom stereocenters. The molecule has 0 spiro atoms. The molecule has 3 rings (SSSR count). The van der Waals surface area contributed by atoms with E-state index >= 15 is 0 Å². The number of hydrogen-bond donors (Lipinski definition) is 1. The van der Waals surface area contributed by atoms with Crippen LogP contribution in [0, 0.1) is 5.92 Å². The maximum Gasteiger partial charge on any atom is 0.242 e. The highest BCUT2D eigenvalue weighted by atomic mass is 32.2. The summed E-state index contributed by atoms with van der Waals surface area (Å²) in [5.41, 5.74) is 2.41. The third-order valence-corrected chi connectivity index (χ3v) is 7.11. The smallest absolute Gasteiger partial charge is 0.242 e. The minimum atomic E-state index is -3.53. The fourth-order valence-electron chi connectivity index (χ4n) is 3.31. The Balaban J connectivity index is 1.57. The highest BCUT2D eigenvalue weighted by Crippen LogP contribution is 2.22. The van der Waals surface area contributed by atoms with Gasteiger partial charge in [0, 0.05) is 40.5 Å². The van der Waals surface area contributed by atoms with E-state index < -0.39 is 10.0 Å². The molecule has 0 bridgehead atoms. The predicted octanol–water partition coefficient (Wildman–Crippen LogP) is 3.11. The number of sulfonamides is 1. The number of nitrogens with one attached hydrogen (secondary N) is 1. The van der Waals surface area contributed by atoms with Crippen molar-refractivity contribution in [1.82, 2.24) is 19.2 Å². The Kier molecular flexibility index (Phi) is 7.76. The molecule has 3 aromatic rings. The number of carbonyl (C=O) groups excluding carboxylic acids is 1. The van der Waals surface area contributed by atoms with Gasteiger partial charge in [-0.3, -0.25) is 4.79 Å². The number of imidazole rings is 1. The first-order chi connectivity index (χ1) is 15.6. The lowest BCUT2D eigenvalue weighted by Crippen LogP contribution is -2.23. The number of aryl methyl sites for hydroxylation is 2. The fourth-order valence-corrected chi connectivity index (χ4v) is 4.23. The summed E-state index contributed by atoms with van der Waals surface area (Å²) in [5.74, 6) is 1.94. The number of nitrogens with zero attached hydrogens (tertiary/aromatic N) is 3. The lowest BCUT2D eigenvalue weighted by Gasteiger charge is -2.11. The van der Waals surface area contributed by atoms with Gasteiger partial charge in [0.15, 0.2) is 0 Å². The van der Waals surface area contributed by atoms with Crippen LogP contribution >= 0.6 is 0 Å². The van der Waals surface area contributed by atoms with Crippen LogP contribution in [0.1, 0.15) is 31.7 Å². The summed E-state index contributed by atoms with van der Waals surface area (Å²) in [5, 5.41) is 2.93. The molecule has 2 aromatic carbocycles. The number of benzene rings is 2. The standard InChI is InChI=1S/C24H32N4O4S/c1-17(2)16-32-19-8-6-18(7-9-19)15-25-24(29)13-12-23-26-21-14-20(33(30,31)27(3)4)10-11-22(21)28(23)5/h6-11,14,17H,12-13,15-16H2,1-5H3,(H,25,29). The molecule has 1 heterocycles. The van der Waals surface area contributed by atoms with Crippen LogP contribution < -0.4 is 10.1 Å². The lowest BCUT2D eigenvalue weighted by atomic mass is 10.2. The summed E-state index contributed by atoms with van der Waals surface area (Å²) in [7, 11) is 1.33. The van der Waals surface area contributed by atoms with E-state index in [9.17, 15) is 13.2 Å². The first-order valence-electron chi connectivity index (χ1n) is 10.9. The molecule has 1 N–H and O–H groups in total.